The molecule has 1 rings (SSSR count). The number of carbonyl (C=O) groups is 3. The Labute approximate surface area is 152 Å². The number of amides is 2. The highest BCUT2D eigenvalue weighted by Gasteiger charge is 2.35. The average molecular weight is 385 g/mol. The molecule has 0 unspecified atom stereocenters. The second-order valence-corrected chi connectivity index (χ2v) is 7.39. The molecule has 0 aliphatic rings. The fourth-order valence-corrected chi connectivity index (χ4v) is 2.94. The lowest BCUT2D eigenvalue weighted by atomic mass is 10.1. The van der Waals surface area contributed by atoms with Crippen LogP contribution in [0, 0.1) is 0 Å². The topological polar surface area (TPSA) is 129 Å². The van der Waals surface area contributed by atoms with E-state index < -0.39 is 46.1 Å². The van der Waals surface area contributed by atoms with E-state index in [1.165, 1.54) is 12.1 Å². The summed E-state index contributed by atoms with van der Waals surface area (Å²) < 4.78 is 30.8. The van der Waals surface area contributed by atoms with Gasteiger partial charge in [0.05, 0.1) is 5.75 Å². The molecule has 144 valence electrons. The van der Waals surface area contributed by atoms with Crippen LogP contribution in [0.2, 0.25) is 0 Å². The first-order chi connectivity index (χ1) is 12.2. The van der Waals surface area contributed by atoms with Gasteiger partial charge in [0.15, 0.2) is 0 Å². The molecule has 0 bridgehead atoms. The van der Waals surface area contributed by atoms with Crippen molar-refractivity contribution in [3.63, 3.8) is 0 Å². The van der Waals surface area contributed by atoms with Crippen molar-refractivity contribution in [1.29, 1.82) is 0 Å². The Morgan fingerprint density at radius 1 is 1.12 bits per heavy atom. The fourth-order valence-electron chi connectivity index (χ4n) is 2.42. The van der Waals surface area contributed by atoms with Gasteiger partial charge in [0.1, 0.15) is 6.04 Å². The molecule has 0 saturated heterocycles. The van der Waals surface area contributed by atoms with Crippen LogP contribution in [-0.4, -0.2) is 52.6 Å². The van der Waals surface area contributed by atoms with E-state index in [-0.39, 0.29) is 12.0 Å². The number of unbranched alkanes of at least 4 members (excludes halogenated alkanes) is 2. The molecule has 0 aromatic heterocycles. The number of hydrogen-bond acceptors (Lipinski definition) is 5. The highest BCUT2D eigenvalue weighted by Crippen LogP contribution is 2.16. The third-order valence-electron chi connectivity index (χ3n) is 3.75. The second kappa shape index (κ2) is 10.0. The van der Waals surface area contributed by atoms with Crippen LogP contribution in [-0.2, 0) is 19.7 Å². The Bertz CT molecular complexity index is 731. The van der Waals surface area contributed by atoms with E-state index in [9.17, 15) is 27.9 Å². The van der Waals surface area contributed by atoms with Gasteiger partial charge in [0.2, 0.25) is 5.91 Å². The van der Waals surface area contributed by atoms with Gasteiger partial charge in [-0.25, -0.2) is 4.79 Å². The molecule has 0 fully saturated rings. The summed E-state index contributed by atoms with van der Waals surface area (Å²) in [5.74, 6) is -3.88. The summed E-state index contributed by atoms with van der Waals surface area (Å²) in [5, 5.41) is 9.43. The zero-order valence-corrected chi connectivity index (χ0v) is 15.3. The average Bonchev–Trinajstić information content (AvgIpc) is 2.57. The van der Waals surface area contributed by atoms with Gasteiger partial charge in [-0.3, -0.25) is 19.0 Å². The SMILES string of the molecule is CCCCCC(=O)N(C(=O)c1ccccc1)[C@@H](CCS(=O)(=O)O)C(=O)O. The normalized spacial score (nSPS) is 12.4. The highest BCUT2D eigenvalue weighted by molar-refractivity contribution is 7.85. The van der Waals surface area contributed by atoms with Crippen molar-refractivity contribution in [2.45, 2.75) is 45.1 Å². The van der Waals surface area contributed by atoms with Crippen LogP contribution in [0.1, 0.15) is 49.4 Å². The number of imide groups is 1. The number of carboxylic acids is 1. The predicted octanol–water partition coefficient (Wildman–Crippen LogP) is 1.97. The first kappa shape index (κ1) is 21.8. The van der Waals surface area contributed by atoms with Crippen molar-refractivity contribution >= 4 is 27.9 Å². The molecular weight excluding hydrogens is 362 g/mol. The number of aliphatic carboxylic acids is 1. The quantitative estimate of drug-likeness (QED) is 0.465. The number of rotatable bonds is 10. The Kier molecular flexibility index (Phi) is 8.40. The zero-order valence-electron chi connectivity index (χ0n) is 14.5. The molecule has 1 aromatic carbocycles. The number of benzene rings is 1. The molecule has 0 spiro atoms. The molecule has 8 nitrogen and oxygen atoms in total. The first-order valence-electron chi connectivity index (χ1n) is 8.26. The molecule has 0 aliphatic carbocycles. The molecule has 2 amide bonds. The minimum atomic E-state index is -4.44. The summed E-state index contributed by atoms with van der Waals surface area (Å²) in [4.78, 5) is 37.5. The van der Waals surface area contributed by atoms with Gasteiger partial charge >= 0.3 is 5.97 Å². The van der Waals surface area contributed by atoms with Crippen molar-refractivity contribution in [2.24, 2.45) is 0 Å². The Morgan fingerprint density at radius 2 is 1.73 bits per heavy atom. The number of nitrogens with zero attached hydrogens (tertiary/aromatic N) is 1. The molecule has 0 aliphatic heterocycles. The number of hydrogen-bond donors (Lipinski definition) is 2. The van der Waals surface area contributed by atoms with Crippen molar-refractivity contribution in [1.82, 2.24) is 4.90 Å². The smallest absolute Gasteiger partial charge is 0.326 e. The fraction of sp³-hybridized carbons (Fsp3) is 0.471. The van der Waals surface area contributed by atoms with E-state index in [4.69, 9.17) is 4.55 Å². The molecule has 1 atom stereocenters. The lowest BCUT2D eigenvalue weighted by Crippen LogP contribution is -2.49. The molecule has 0 radical (unpaired) electrons. The van der Waals surface area contributed by atoms with Gasteiger partial charge in [-0.2, -0.15) is 8.42 Å². The molecule has 1 aromatic rings. The van der Waals surface area contributed by atoms with Gasteiger partial charge in [0, 0.05) is 12.0 Å². The third kappa shape index (κ3) is 6.93. The summed E-state index contributed by atoms with van der Waals surface area (Å²) in [5.41, 5.74) is 0.120. The van der Waals surface area contributed by atoms with Gasteiger partial charge in [-0.1, -0.05) is 38.0 Å². The van der Waals surface area contributed by atoms with Gasteiger partial charge in [-0.05, 0) is 25.0 Å². The summed E-state index contributed by atoms with van der Waals surface area (Å²) in [7, 11) is -4.44. The second-order valence-electron chi connectivity index (χ2n) is 5.82. The van der Waals surface area contributed by atoms with E-state index in [0.717, 1.165) is 12.8 Å². The van der Waals surface area contributed by atoms with E-state index in [0.29, 0.717) is 11.3 Å². The lowest BCUT2D eigenvalue weighted by Gasteiger charge is -2.27. The van der Waals surface area contributed by atoms with E-state index in [1.54, 1.807) is 18.2 Å². The Balaban J connectivity index is 3.16. The van der Waals surface area contributed by atoms with Crippen molar-refractivity contribution in [3.8, 4) is 0 Å². The monoisotopic (exact) mass is 385 g/mol. The van der Waals surface area contributed by atoms with E-state index in [1.807, 2.05) is 6.92 Å². The van der Waals surface area contributed by atoms with Crippen LogP contribution < -0.4 is 0 Å². The predicted molar refractivity (Wildman–Crippen MR) is 94.2 cm³/mol. The van der Waals surface area contributed by atoms with E-state index in [2.05, 4.69) is 0 Å². The lowest BCUT2D eigenvalue weighted by molar-refractivity contribution is -0.148. The Morgan fingerprint density at radius 3 is 2.23 bits per heavy atom. The third-order valence-corrected chi connectivity index (χ3v) is 4.50. The van der Waals surface area contributed by atoms with Crippen LogP contribution in [0.15, 0.2) is 30.3 Å². The minimum Gasteiger partial charge on any atom is -0.480 e. The van der Waals surface area contributed by atoms with Crippen molar-refractivity contribution in [2.75, 3.05) is 5.75 Å². The number of carboxylic acid groups (broad SMARTS) is 1. The number of carbonyl (C=O) groups excluding carboxylic acids is 2. The molecule has 2 N–H and O–H groups in total. The minimum absolute atomic E-state index is 0.0257. The van der Waals surface area contributed by atoms with Crippen molar-refractivity contribution < 1.29 is 32.5 Å². The maximum atomic E-state index is 12.7. The van der Waals surface area contributed by atoms with Gasteiger partial charge in [-0.15, -0.1) is 0 Å². The van der Waals surface area contributed by atoms with Crippen LogP contribution in [0.3, 0.4) is 0 Å². The molecule has 0 heterocycles. The summed E-state index contributed by atoms with van der Waals surface area (Å²) in [6.45, 7) is 1.93. The Hall–Kier alpha value is -2.26. The first-order valence-corrected chi connectivity index (χ1v) is 9.87. The van der Waals surface area contributed by atoms with E-state index >= 15 is 0 Å². The van der Waals surface area contributed by atoms with Crippen LogP contribution >= 0.6 is 0 Å². The highest BCUT2D eigenvalue weighted by atomic mass is 32.2. The van der Waals surface area contributed by atoms with Gasteiger partial charge < -0.3 is 5.11 Å². The molecular formula is C17H23NO7S. The standard InChI is InChI=1S/C17H23NO7S/c1-2-3-5-10-15(19)18(16(20)13-8-6-4-7-9-13)14(17(21)22)11-12-26(23,24)25/h4,6-9,14H,2-3,5,10-12H2,1H3,(H,21,22)(H,23,24,25)/t14-/m0/s1. The summed E-state index contributed by atoms with van der Waals surface area (Å²) in [6, 6.07) is 6.00. The van der Waals surface area contributed by atoms with Crippen molar-refractivity contribution in [3.05, 3.63) is 35.9 Å². The maximum absolute atomic E-state index is 12.7. The summed E-state index contributed by atoms with van der Waals surface area (Å²) >= 11 is 0. The molecule has 0 saturated carbocycles. The molecule has 9 heteroatoms. The maximum Gasteiger partial charge on any atom is 0.326 e. The zero-order chi connectivity index (χ0) is 19.7. The molecule has 26 heavy (non-hydrogen) atoms. The summed E-state index contributed by atoms with van der Waals surface area (Å²) in [6.07, 6.45) is 1.44. The largest absolute Gasteiger partial charge is 0.480 e. The van der Waals surface area contributed by atoms with Crippen LogP contribution in [0.4, 0.5) is 0 Å². The van der Waals surface area contributed by atoms with Crippen LogP contribution in [0.5, 0.6) is 0 Å². The van der Waals surface area contributed by atoms with Gasteiger partial charge in [0.25, 0.3) is 16.0 Å². The van der Waals surface area contributed by atoms with Crippen LogP contribution in [0.25, 0.3) is 0 Å².